The molecule has 14 heteroatoms. The Labute approximate surface area is 228 Å². The monoisotopic (exact) mass is 576 g/mol. The molecule has 1 amide bonds. The molecule has 6 atom stereocenters. The standard InChI is InChI=1S/C26H23F3N4O6S/c27-15-8-14(9-16(28)21(15)29)17-10-33(32-31-17)22-23(35)18(11-34)39-26(24(22)36)20(3-5-38-26)30-25(37)13-1-2-19-12(7-13)4-6-40-19/h1-2,4,6-10,18,20,22-24,34-36H,3,5,11H2,(H,30,37)/t18-,20-,22+,23+,24-,26+/m1/s1. The van der Waals surface area contributed by atoms with Gasteiger partial charge in [-0.3, -0.25) is 4.79 Å². The number of aliphatic hydroxyl groups is 3. The van der Waals surface area contributed by atoms with Crippen LogP contribution in [0, 0.1) is 17.5 Å². The van der Waals surface area contributed by atoms with Crippen LogP contribution in [-0.4, -0.2) is 79.6 Å². The van der Waals surface area contributed by atoms with Gasteiger partial charge in [-0.15, -0.1) is 16.4 Å². The summed E-state index contributed by atoms with van der Waals surface area (Å²) < 4.78 is 54.9. The number of amides is 1. The smallest absolute Gasteiger partial charge is 0.251 e. The summed E-state index contributed by atoms with van der Waals surface area (Å²) in [6.07, 6.45) is -2.98. The first kappa shape index (κ1) is 26.8. The Kier molecular flexibility index (Phi) is 6.84. The first-order valence-corrected chi connectivity index (χ1v) is 13.2. The van der Waals surface area contributed by atoms with E-state index in [2.05, 4.69) is 15.6 Å². The number of rotatable bonds is 5. The number of nitrogens with zero attached hydrogens (tertiary/aromatic N) is 3. The van der Waals surface area contributed by atoms with E-state index in [1.54, 1.807) is 23.5 Å². The predicted octanol–water partition coefficient (Wildman–Crippen LogP) is 2.15. The molecular weight excluding hydrogens is 553 g/mol. The Morgan fingerprint density at radius 3 is 2.70 bits per heavy atom. The highest BCUT2D eigenvalue weighted by molar-refractivity contribution is 7.17. The molecule has 10 nitrogen and oxygen atoms in total. The molecule has 210 valence electrons. The van der Waals surface area contributed by atoms with Gasteiger partial charge in [0.25, 0.3) is 5.91 Å². The SMILES string of the molecule is O=C(N[C@@H]1CCO[C@]12O[C@H](CO)[C@H](O)[C@H](n1cc(-c3cc(F)c(F)c(F)c3)nn1)[C@H]2O)c1ccc2sccc2c1. The maximum absolute atomic E-state index is 13.8. The van der Waals surface area contributed by atoms with E-state index in [1.165, 1.54) is 6.20 Å². The third-order valence-electron chi connectivity index (χ3n) is 7.32. The second kappa shape index (κ2) is 10.2. The minimum Gasteiger partial charge on any atom is -0.394 e. The number of aromatic nitrogens is 3. The van der Waals surface area contributed by atoms with Crippen molar-refractivity contribution in [1.29, 1.82) is 0 Å². The molecule has 0 bridgehead atoms. The van der Waals surface area contributed by atoms with Crippen LogP contribution in [0.15, 0.2) is 48.0 Å². The van der Waals surface area contributed by atoms with Crippen LogP contribution < -0.4 is 5.32 Å². The highest BCUT2D eigenvalue weighted by atomic mass is 32.1. The van der Waals surface area contributed by atoms with Crippen LogP contribution in [0.25, 0.3) is 21.3 Å². The van der Waals surface area contributed by atoms with Crippen molar-refractivity contribution < 1.29 is 42.8 Å². The minimum absolute atomic E-state index is 0.0701. The van der Waals surface area contributed by atoms with E-state index in [-0.39, 0.29) is 24.3 Å². The lowest BCUT2D eigenvalue weighted by atomic mass is 9.86. The molecule has 4 heterocycles. The van der Waals surface area contributed by atoms with E-state index in [4.69, 9.17) is 9.47 Å². The summed E-state index contributed by atoms with van der Waals surface area (Å²) in [5, 5.41) is 45.9. The summed E-state index contributed by atoms with van der Waals surface area (Å²) in [4.78, 5) is 13.2. The first-order chi connectivity index (χ1) is 19.2. The number of aliphatic hydroxyl groups excluding tert-OH is 3. The van der Waals surface area contributed by atoms with Crippen LogP contribution in [0.2, 0.25) is 0 Å². The van der Waals surface area contributed by atoms with Gasteiger partial charge in [0.2, 0.25) is 5.79 Å². The molecule has 2 aliphatic rings. The van der Waals surface area contributed by atoms with Gasteiger partial charge in [-0.05, 0) is 53.6 Å². The zero-order valence-electron chi connectivity index (χ0n) is 20.6. The van der Waals surface area contributed by atoms with Gasteiger partial charge < -0.3 is 30.1 Å². The fourth-order valence-electron chi connectivity index (χ4n) is 5.29. The van der Waals surface area contributed by atoms with Crippen LogP contribution in [0.1, 0.15) is 22.8 Å². The van der Waals surface area contributed by atoms with Crippen LogP contribution in [0.4, 0.5) is 13.2 Å². The van der Waals surface area contributed by atoms with Crippen LogP contribution >= 0.6 is 11.3 Å². The zero-order valence-corrected chi connectivity index (χ0v) is 21.4. The summed E-state index contributed by atoms with van der Waals surface area (Å²) >= 11 is 1.54. The number of carbonyl (C=O) groups excluding carboxylic acids is 1. The van der Waals surface area contributed by atoms with Crippen molar-refractivity contribution in [2.45, 2.75) is 42.6 Å². The summed E-state index contributed by atoms with van der Waals surface area (Å²) in [7, 11) is 0. The minimum atomic E-state index is -1.88. The van der Waals surface area contributed by atoms with Crippen LogP contribution in [-0.2, 0) is 9.47 Å². The Hall–Kier alpha value is -3.40. The van der Waals surface area contributed by atoms with Crippen molar-refractivity contribution in [2.75, 3.05) is 13.2 Å². The molecule has 4 N–H and O–H groups in total. The zero-order chi connectivity index (χ0) is 28.2. The number of carbonyl (C=O) groups is 1. The highest BCUT2D eigenvalue weighted by Gasteiger charge is 2.62. The van der Waals surface area contributed by atoms with Crippen LogP contribution in [0.5, 0.6) is 0 Å². The Balaban J connectivity index is 1.31. The second-order valence-corrected chi connectivity index (χ2v) is 10.6. The average molecular weight is 577 g/mol. The van der Waals surface area contributed by atoms with Gasteiger partial charge in [0, 0.05) is 15.8 Å². The molecule has 2 aliphatic heterocycles. The van der Waals surface area contributed by atoms with Gasteiger partial charge in [-0.2, -0.15) is 0 Å². The molecule has 0 radical (unpaired) electrons. The van der Waals surface area contributed by atoms with Gasteiger partial charge >= 0.3 is 0 Å². The van der Waals surface area contributed by atoms with E-state index in [0.29, 0.717) is 5.56 Å². The van der Waals surface area contributed by atoms with Gasteiger partial charge in [-0.1, -0.05) is 5.21 Å². The Morgan fingerprint density at radius 1 is 1.18 bits per heavy atom. The topological polar surface area (TPSA) is 139 Å². The fourth-order valence-corrected chi connectivity index (χ4v) is 6.06. The fraction of sp³-hybridized carbons (Fsp3) is 0.346. The molecule has 4 aromatic rings. The number of fused-ring (bicyclic) bond motifs is 1. The number of halogens is 3. The first-order valence-electron chi connectivity index (χ1n) is 12.4. The van der Waals surface area contributed by atoms with E-state index >= 15 is 0 Å². The van der Waals surface area contributed by atoms with Gasteiger partial charge in [0.15, 0.2) is 17.5 Å². The number of thiophene rings is 1. The van der Waals surface area contributed by atoms with Gasteiger partial charge in [-0.25, -0.2) is 17.9 Å². The maximum Gasteiger partial charge on any atom is 0.251 e. The summed E-state index contributed by atoms with van der Waals surface area (Å²) in [5.41, 5.74) is 0.185. The predicted molar refractivity (Wildman–Crippen MR) is 135 cm³/mol. The lowest BCUT2D eigenvalue weighted by Gasteiger charge is -2.49. The quantitative estimate of drug-likeness (QED) is 0.265. The van der Waals surface area contributed by atoms with Crippen molar-refractivity contribution in [2.24, 2.45) is 0 Å². The molecule has 0 unspecified atom stereocenters. The normalized spacial score (nSPS) is 28.4. The van der Waals surface area contributed by atoms with E-state index in [9.17, 15) is 33.3 Å². The van der Waals surface area contributed by atoms with Crippen molar-refractivity contribution in [3.63, 3.8) is 0 Å². The molecule has 1 spiro atoms. The lowest BCUT2D eigenvalue weighted by Crippen LogP contribution is -2.69. The number of ether oxygens (including phenoxy) is 2. The molecule has 0 aliphatic carbocycles. The van der Waals surface area contributed by atoms with Crippen molar-refractivity contribution in [3.8, 4) is 11.3 Å². The van der Waals surface area contributed by atoms with Crippen molar-refractivity contribution >= 4 is 27.3 Å². The van der Waals surface area contributed by atoms with Gasteiger partial charge in [0.05, 0.1) is 25.5 Å². The lowest BCUT2D eigenvalue weighted by molar-refractivity contribution is -0.344. The molecule has 2 aromatic heterocycles. The number of hydrogen-bond donors (Lipinski definition) is 4. The van der Waals surface area contributed by atoms with Crippen molar-refractivity contribution in [1.82, 2.24) is 20.3 Å². The second-order valence-electron chi connectivity index (χ2n) is 9.66. The molecule has 2 fully saturated rings. The summed E-state index contributed by atoms with van der Waals surface area (Å²) in [6.45, 7) is -0.579. The number of nitrogens with one attached hydrogen (secondary N) is 1. The van der Waals surface area contributed by atoms with E-state index in [1.807, 2.05) is 17.5 Å². The van der Waals surface area contributed by atoms with Gasteiger partial charge in [0.1, 0.15) is 30.0 Å². The molecule has 0 saturated carbocycles. The third-order valence-corrected chi connectivity index (χ3v) is 8.22. The molecule has 6 rings (SSSR count). The molecule has 40 heavy (non-hydrogen) atoms. The van der Waals surface area contributed by atoms with E-state index < -0.39 is 66.1 Å². The summed E-state index contributed by atoms with van der Waals surface area (Å²) in [5.74, 6) is -6.80. The molecule has 2 aromatic carbocycles. The highest BCUT2D eigenvalue weighted by Crippen LogP contribution is 2.43. The molecule has 2 saturated heterocycles. The number of benzene rings is 2. The third kappa shape index (κ3) is 4.36. The van der Waals surface area contributed by atoms with Crippen molar-refractivity contribution in [3.05, 3.63) is 71.0 Å². The molecular formula is C26H23F3N4O6S. The Morgan fingerprint density at radius 2 is 1.95 bits per heavy atom. The Bertz CT molecular complexity index is 1560. The summed E-state index contributed by atoms with van der Waals surface area (Å²) in [6, 6.07) is 6.41. The maximum atomic E-state index is 13.8. The average Bonchev–Trinajstić information content (AvgIpc) is 3.70. The van der Waals surface area contributed by atoms with Crippen LogP contribution in [0.3, 0.4) is 0 Å². The number of hydrogen-bond acceptors (Lipinski definition) is 9. The largest absolute Gasteiger partial charge is 0.394 e. The van der Waals surface area contributed by atoms with E-state index in [0.717, 1.165) is 26.9 Å².